The van der Waals surface area contributed by atoms with E-state index in [1.807, 2.05) is 13.8 Å². The van der Waals surface area contributed by atoms with Gasteiger partial charge in [-0.1, -0.05) is 0 Å². The van der Waals surface area contributed by atoms with Crippen LogP contribution in [0, 0.1) is 0 Å². The van der Waals surface area contributed by atoms with Crippen molar-refractivity contribution in [2.45, 2.75) is 32.5 Å². The van der Waals surface area contributed by atoms with Crippen LogP contribution >= 0.6 is 0 Å². The van der Waals surface area contributed by atoms with Gasteiger partial charge < -0.3 is 18.9 Å². The van der Waals surface area contributed by atoms with Crippen molar-refractivity contribution in [1.82, 2.24) is 10.2 Å². The molecule has 1 fully saturated rings. The van der Waals surface area contributed by atoms with Crippen LogP contribution in [-0.4, -0.2) is 54.3 Å². The van der Waals surface area contributed by atoms with Gasteiger partial charge in [0.1, 0.15) is 18.3 Å². The van der Waals surface area contributed by atoms with Gasteiger partial charge in [0, 0.05) is 0 Å². The number of aromatic nitrogens is 2. The first-order valence-electron chi connectivity index (χ1n) is 6.60. The zero-order valence-corrected chi connectivity index (χ0v) is 12.0. The van der Waals surface area contributed by atoms with Crippen LogP contribution in [0.1, 0.15) is 31.1 Å². The van der Waals surface area contributed by atoms with Crippen molar-refractivity contribution in [3.63, 3.8) is 0 Å². The van der Waals surface area contributed by atoms with Gasteiger partial charge in [-0.3, -0.25) is 0 Å². The molecule has 20 heavy (non-hydrogen) atoms. The fourth-order valence-corrected chi connectivity index (χ4v) is 1.95. The fraction of sp³-hybridized carbons (Fsp3) is 0.692. The Morgan fingerprint density at radius 1 is 1.60 bits per heavy atom. The molecule has 0 aromatic carbocycles. The second-order valence-electron chi connectivity index (χ2n) is 5.16. The number of rotatable bonds is 5. The van der Waals surface area contributed by atoms with E-state index in [2.05, 4.69) is 10.2 Å². The van der Waals surface area contributed by atoms with E-state index in [0.717, 1.165) is 0 Å². The number of hydrogen-bond donors (Lipinski definition) is 1. The molecule has 0 amide bonds. The normalized spacial score (nSPS) is 21.4. The van der Waals surface area contributed by atoms with Gasteiger partial charge in [-0.2, -0.15) is 5.10 Å². The van der Waals surface area contributed by atoms with Crippen molar-refractivity contribution in [3.8, 4) is 5.88 Å². The highest BCUT2D eigenvalue weighted by Crippen LogP contribution is 2.20. The lowest BCUT2D eigenvalue weighted by molar-refractivity contribution is -0.189. The number of carbonyl (C=O) groups is 1. The minimum absolute atomic E-state index is 0.183. The van der Waals surface area contributed by atoms with Crippen LogP contribution < -0.4 is 4.74 Å². The van der Waals surface area contributed by atoms with E-state index < -0.39 is 5.97 Å². The summed E-state index contributed by atoms with van der Waals surface area (Å²) in [6.07, 6.45) is 1.20. The number of H-pyrrole nitrogens is 1. The molecule has 7 heteroatoms. The molecular weight excluding hydrogens is 264 g/mol. The molecule has 1 aliphatic rings. The summed E-state index contributed by atoms with van der Waals surface area (Å²) in [6, 6.07) is 0. The molecule has 2 rings (SSSR count). The number of hydrogen-bond acceptors (Lipinski definition) is 6. The van der Waals surface area contributed by atoms with Crippen LogP contribution in [-0.2, 0) is 14.2 Å². The van der Waals surface area contributed by atoms with E-state index in [1.165, 1.54) is 6.20 Å². The quantitative estimate of drug-likeness (QED) is 0.817. The highest BCUT2D eigenvalue weighted by atomic mass is 16.6. The zero-order chi connectivity index (χ0) is 14.6. The van der Waals surface area contributed by atoms with E-state index in [0.29, 0.717) is 19.8 Å². The molecule has 0 saturated carbocycles. The van der Waals surface area contributed by atoms with Crippen molar-refractivity contribution >= 4 is 5.97 Å². The molecule has 1 aromatic rings. The Morgan fingerprint density at radius 3 is 3.10 bits per heavy atom. The molecule has 1 aliphatic heterocycles. The van der Waals surface area contributed by atoms with Crippen LogP contribution in [0.15, 0.2) is 6.20 Å². The van der Waals surface area contributed by atoms with Crippen molar-refractivity contribution in [2.24, 2.45) is 0 Å². The number of carbonyl (C=O) groups excluding carboxylic acids is 1. The number of nitrogens with zero attached hydrogens (tertiary/aromatic N) is 1. The predicted molar refractivity (Wildman–Crippen MR) is 69.8 cm³/mol. The molecule has 1 N–H and O–H groups in total. The first-order chi connectivity index (χ1) is 9.52. The Morgan fingerprint density at radius 2 is 2.40 bits per heavy atom. The first-order valence-corrected chi connectivity index (χ1v) is 6.60. The van der Waals surface area contributed by atoms with Gasteiger partial charge in [0.2, 0.25) is 5.88 Å². The van der Waals surface area contributed by atoms with Gasteiger partial charge in [0.05, 0.1) is 31.6 Å². The average molecular weight is 284 g/mol. The van der Waals surface area contributed by atoms with E-state index in [9.17, 15) is 4.79 Å². The Balaban J connectivity index is 1.91. The molecule has 0 radical (unpaired) electrons. The molecular formula is C13H20N2O5. The average Bonchev–Trinajstić information content (AvgIpc) is 2.84. The third-order valence-electron chi connectivity index (χ3n) is 2.75. The second-order valence-corrected chi connectivity index (χ2v) is 5.16. The Kier molecular flexibility index (Phi) is 4.61. The van der Waals surface area contributed by atoms with Gasteiger partial charge in [0.15, 0.2) is 0 Å². The van der Waals surface area contributed by atoms with Crippen molar-refractivity contribution < 1.29 is 23.7 Å². The van der Waals surface area contributed by atoms with E-state index in [-0.39, 0.29) is 29.8 Å². The van der Waals surface area contributed by atoms with Gasteiger partial charge in [-0.05, 0) is 20.8 Å². The number of nitrogens with one attached hydrogen (secondary N) is 1. The Bertz CT molecular complexity index is 457. The third-order valence-corrected chi connectivity index (χ3v) is 2.75. The second kappa shape index (κ2) is 6.23. The number of aromatic amines is 1. The number of ether oxygens (including phenoxy) is 4. The summed E-state index contributed by atoms with van der Waals surface area (Å²) in [6.45, 7) is 7.26. The van der Waals surface area contributed by atoms with Crippen LogP contribution in [0.4, 0.5) is 0 Å². The van der Waals surface area contributed by atoms with Gasteiger partial charge in [-0.25, -0.2) is 9.89 Å². The molecule has 1 saturated heterocycles. The summed E-state index contributed by atoms with van der Waals surface area (Å²) in [4.78, 5) is 11.7. The smallest absolute Gasteiger partial charge is 0.345 e. The maximum absolute atomic E-state index is 11.7. The predicted octanol–water partition coefficient (Wildman–Crippen LogP) is 1.16. The topological polar surface area (TPSA) is 82.7 Å². The minimum atomic E-state index is -0.461. The van der Waals surface area contributed by atoms with Crippen molar-refractivity contribution in [2.75, 3.05) is 26.4 Å². The zero-order valence-electron chi connectivity index (χ0n) is 12.0. The fourth-order valence-electron chi connectivity index (χ4n) is 1.95. The summed E-state index contributed by atoms with van der Waals surface area (Å²) >= 11 is 0. The SMILES string of the molecule is CCOC(=O)c1cn[nH]c1OCC1COCC(C)(C)O1. The molecule has 112 valence electrons. The first kappa shape index (κ1) is 14.8. The molecule has 7 nitrogen and oxygen atoms in total. The molecule has 1 aromatic heterocycles. The van der Waals surface area contributed by atoms with E-state index >= 15 is 0 Å². The molecule has 1 unspecified atom stereocenters. The summed E-state index contributed by atoms with van der Waals surface area (Å²) in [5.41, 5.74) is -0.0487. The van der Waals surface area contributed by atoms with Crippen molar-refractivity contribution in [1.29, 1.82) is 0 Å². The summed E-state index contributed by atoms with van der Waals surface area (Å²) < 4.78 is 21.8. The third kappa shape index (κ3) is 3.71. The van der Waals surface area contributed by atoms with Gasteiger partial charge in [-0.15, -0.1) is 0 Å². The maximum Gasteiger partial charge on any atom is 0.345 e. The highest BCUT2D eigenvalue weighted by Gasteiger charge is 2.30. The standard InChI is InChI=1S/C13H20N2O5/c1-4-18-12(16)10-5-14-15-11(10)19-7-9-6-17-8-13(2,3)20-9/h5,9H,4,6-8H2,1-3H3,(H,14,15). The Labute approximate surface area is 117 Å². The monoisotopic (exact) mass is 284 g/mol. The van der Waals surface area contributed by atoms with Crippen LogP contribution in [0.3, 0.4) is 0 Å². The van der Waals surface area contributed by atoms with Gasteiger partial charge in [0.25, 0.3) is 0 Å². The molecule has 0 aliphatic carbocycles. The lowest BCUT2D eigenvalue weighted by Gasteiger charge is -2.35. The van der Waals surface area contributed by atoms with Crippen LogP contribution in [0.5, 0.6) is 5.88 Å². The lowest BCUT2D eigenvalue weighted by atomic mass is 10.1. The van der Waals surface area contributed by atoms with Gasteiger partial charge >= 0.3 is 5.97 Å². The lowest BCUT2D eigenvalue weighted by Crippen LogP contribution is -2.45. The highest BCUT2D eigenvalue weighted by molar-refractivity contribution is 5.91. The molecule has 0 bridgehead atoms. The maximum atomic E-state index is 11.7. The molecule has 0 spiro atoms. The Hall–Kier alpha value is -1.60. The summed E-state index contributed by atoms with van der Waals surface area (Å²) in [5.74, 6) is -0.173. The minimum Gasteiger partial charge on any atom is -0.475 e. The number of esters is 1. The summed E-state index contributed by atoms with van der Waals surface area (Å²) in [7, 11) is 0. The van der Waals surface area contributed by atoms with E-state index in [1.54, 1.807) is 6.92 Å². The van der Waals surface area contributed by atoms with Crippen LogP contribution in [0.25, 0.3) is 0 Å². The van der Waals surface area contributed by atoms with Crippen molar-refractivity contribution in [3.05, 3.63) is 11.8 Å². The summed E-state index contributed by atoms with van der Waals surface area (Å²) in [5, 5.41) is 6.43. The van der Waals surface area contributed by atoms with E-state index in [4.69, 9.17) is 18.9 Å². The molecule has 2 heterocycles. The molecule has 1 atom stereocenters. The van der Waals surface area contributed by atoms with Crippen LogP contribution in [0.2, 0.25) is 0 Å². The largest absolute Gasteiger partial charge is 0.475 e.